The van der Waals surface area contributed by atoms with Gasteiger partial charge in [-0.3, -0.25) is 9.78 Å². The van der Waals surface area contributed by atoms with E-state index in [1.165, 1.54) is 0 Å². The van der Waals surface area contributed by atoms with Crippen molar-refractivity contribution in [1.29, 1.82) is 0 Å². The molecule has 0 radical (unpaired) electrons. The van der Waals surface area contributed by atoms with Gasteiger partial charge in [0.1, 0.15) is 0 Å². The van der Waals surface area contributed by atoms with E-state index in [-0.39, 0.29) is 30.0 Å². The fourth-order valence-electron chi connectivity index (χ4n) is 4.75. The Morgan fingerprint density at radius 3 is 2.50 bits per heavy atom. The summed E-state index contributed by atoms with van der Waals surface area (Å²) in [6.07, 6.45) is 3.93. The fraction of sp³-hybridized carbons (Fsp3) is 0.172. The molecule has 8 nitrogen and oxygen atoms in total. The molecule has 2 aromatic carbocycles. The summed E-state index contributed by atoms with van der Waals surface area (Å²) in [7, 11) is 0. The molecule has 3 N–H and O–H groups in total. The number of aryl methyl sites for hydroxylation is 1. The lowest BCUT2D eigenvalue weighted by atomic mass is 10.0. The first-order chi connectivity index (χ1) is 18.4. The lowest BCUT2D eigenvalue weighted by molar-refractivity contribution is -0.116. The molecule has 192 valence electrons. The average Bonchev–Trinajstić information content (AvgIpc) is 3.53. The van der Waals surface area contributed by atoms with Gasteiger partial charge in [0.25, 0.3) is 0 Å². The molecule has 5 rings (SSSR count). The van der Waals surface area contributed by atoms with Crippen LogP contribution in [0.2, 0.25) is 0 Å². The Kier molecular flexibility index (Phi) is 7.19. The Hall–Kier alpha value is -4.50. The number of hydrogen-bond donors (Lipinski definition) is 3. The van der Waals surface area contributed by atoms with Crippen molar-refractivity contribution in [2.45, 2.75) is 25.4 Å². The summed E-state index contributed by atoms with van der Waals surface area (Å²) in [5.74, 6) is -1.07. The van der Waals surface area contributed by atoms with Crippen LogP contribution in [0.25, 0.3) is 5.69 Å². The summed E-state index contributed by atoms with van der Waals surface area (Å²) in [5, 5.41) is 16.3. The van der Waals surface area contributed by atoms with Gasteiger partial charge in [-0.25, -0.2) is 4.79 Å². The third-order valence-corrected chi connectivity index (χ3v) is 7.02. The van der Waals surface area contributed by atoms with E-state index < -0.39 is 5.97 Å². The van der Waals surface area contributed by atoms with Crippen LogP contribution in [0.3, 0.4) is 0 Å². The molecule has 4 aromatic rings. The highest BCUT2D eigenvalue weighted by Gasteiger charge is 2.41. The number of aromatic nitrogens is 2. The van der Waals surface area contributed by atoms with Crippen molar-refractivity contribution in [2.75, 3.05) is 11.9 Å². The van der Waals surface area contributed by atoms with Gasteiger partial charge in [-0.05, 0) is 79.3 Å². The SMILES string of the molecule is Cc1ccccc1NC(=O)CCN1C(=S)N[C@H](c2ccccn2)[C@H]1c1cccn1-c1ccc(C(=O)O)cc1. The Balaban J connectivity index is 1.45. The summed E-state index contributed by atoms with van der Waals surface area (Å²) in [5.41, 5.74) is 4.61. The molecule has 38 heavy (non-hydrogen) atoms. The number of carbonyl (C=O) groups is 2. The Labute approximate surface area is 225 Å². The molecule has 2 aromatic heterocycles. The lowest BCUT2D eigenvalue weighted by Crippen LogP contribution is -2.33. The molecule has 1 saturated heterocycles. The van der Waals surface area contributed by atoms with E-state index in [0.29, 0.717) is 11.7 Å². The second kappa shape index (κ2) is 10.9. The molecule has 9 heteroatoms. The van der Waals surface area contributed by atoms with Crippen LogP contribution in [0, 0.1) is 6.92 Å². The Morgan fingerprint density at radius 2 is 1.79 bits per heavy atom. The highest BCUT2D eigenvalue weighted by atomic mass is 32.1. The van der Waals surface area contributed by atoms with Gasteiger partial charge in [0.2, 0.25) is 5.91 Å². The first kappa shape index (κ1) is 25.2. The molecule has 0 aliphatic carbocycles. The highest BCUT2D eigenvalue weighted by Crippen LogP contribution is 2.39. The summed E-state index contributed by atoms with van der Waals surface area (Å²) in [6.45, 7) is 2.36. The fourth-order valence-corrected chi connectivity index (χ4v) is 5.08. The van der Waals surface area contributed by atoms with Gasteiger partial charge in [-0.2, -0.15) is 0 Å². The number of carboxylic acids is 1. The zero-order valence-corrected chi connectivity index (χ0v) is 21.6. The van der Waals surface area contributed by atoms with Gasteiger partial charge in [-0.1, -0.05) is 24.3 Å². The number of thiocarbonyl (C=S) groups is 1. The average molecular weight is 526 g/mol. The van der Waals surface area contributed by atoms with Crippen LogP contribution in [0.5, 0.6) is 0 Å². The Morgan fingerprint density at radius 1 is 1.03 bits per heavy atom. The predicted molar refractivity (Wildman–Crippen MR) is 149 cm³/mol. The normalized spacial score (nSPS) is 16.8. The number of para-hydroxylation sites is 1. The zero-order chi connectivity index (χ0) is 26.6. The maximum Gasteiger partial charge on any atom is 0.335 e. The summed E-state index contributed by atoms with van der Waals surface area (Å²) < 4.78 is 2.02. The molecular formula is C29H27N5O3S. The number of benzene rings is 2. The third-order valence-electron chi connectivity index (χ3n) is 6.67. The molecule has 1 aliphatic rings. The second-order valence-corrected chi connectivity index (χ2v) is 9.47. The first-order valence-electron chi connectivity index (χ1n) is 12.3. The minimum absolute atomic E-state index is 0.0956. The van der Waals surface area contributed by atoms with E-state index in [0.717, 1.165) is 28.3 Å². The lowest BCUT2D eigenvalue weighted by Gasteiger charge is -2.29. The number of rotatable bonds is 8. The number of amides is 1. The number of nitrogens with zero attached hydrogens (tertiary/aromatic N) is 3. The quantitative estimate of drug-likeness (QED) is 0.282. The molecule has 0 unspecified atom stereocenters. The first-order valence-corrected chi connectivity index (χ1v) is 12.7. The molecule has 1 amide bonds. The Bertz CT molecular complexity index is 1470. The predicted octanol–water partition coefficient (Wildman–Crippen LogP) is 4.88. The maximum atomic E-state index is 12.9. The van der Waals surface area contributed by atoms with Gasteiger partial charge in [-0.15, -0.1) is 0 Å². The van der Waals surface area contributed by atoms with Crippen LogP contribution < -0.4 is 10.6 Å². The van der Waals surface area contributed by atoms with E-state index >= 15 is 0 Å². The van der Waals surface area contributed by atoms with Gasteiger partial charge in [0.05, 0.1) is 23.3 Å². The minimum atomic E-state index is -0.972. The van der Waals surface area contributed by atoms with Crippen LogP contribution in [0.4, 0.5) is 5.69 Å². The smallest absolute Gasteiger partial charge is 0.335 e. The molecule has 0 spiro atoms. The number of pyridine rings is 1. The van der Waals surface area contributed by atoms with Crippen molar-refractivity contribution in [1.82, 2.24) is 19.8 Å². The van der Waals surface area contributed by atoms with Crippen molar-refractivity contribution in [2.24, 2.45) is 0 Å². The van der Waals surface area contributed by atoms with E-state index in [1.54, 1.807) is 30.5 Å². The van der Waals surface area contributed by atoms with E-state index in [1.807, 2.05) is 77.2 Å². The van der Waals surface area contributed by atoms with Crippen LogP contribution in [-0.2, 0) is 4.79 Å². The topological polar surface area (TPSA) is 99.5 Å². The molecule has 1 aliphatic heterocycles. The molecular weight excluding hydrogens is 498 g/mol. The minimum Gasteiger partial charge on any atom is -0.478 e. The third kappa shape index (κ3) is 5.14. The van der Waals surface area contributed by atoms with E-state index in [9.17, 15) is 14.7 Å². The largest absolute Gasteiger partial charge is 0.478 e. The molecule has 0 bridgehead atoms. The summed E-state index contributed by atoms with van der Waals surface area (Å²) >= 11 is 5.76. The maximum absolute atomic E-state index is 12.9. The van der Waals surface area contributed by atoms with E-state index in [4.69, 9.17) is 12.2 Å². The van der Waals surface area contributed by atoms with Crippen molar-refractivity contribution in [3.05, 3.63) is 114 Å². The summed E-state index contributed by atoms with van der Waals surface area (Å²) in [6, 6.07) is 23.6. The number of carbonyl (C=O) groups excluding carboxylic acids is 1. The van der Waals surface area contributed by atoms with Crippen molar-refractivity contribution >= 4 is 34.9 Å². The zero-order valence-electron chi connectivity index (χ0n) is 20.7. The second-order valence-electron chi connectivity index (χ2n) is 9.09. The molecule has 0 saturated carbocycles. The molecule has 1 fully saturated rings. The number of hydrogen-bond acceptors (Lipinski definition) is 4. The van der Waals surface area contributed by atoms with Crippen molar-refractivity contribution in [3.63, 3.8) is 0 Å². The van der Waals surface area contributed by atoms with Crippen LogP contribution in [-0.4, -0.2) is 43.1 Å². The van der Waals surface area contributed by atoms with Gasteiger partial charge >= 0.3 is 5.97 Å². The highest BCUT2D eigenvalue weighted by molar-refractivity contribution is 7.80. The van der Waals surface area contributed by atoms with Gasteiger partial charge in [0.15, 0.2) is 5.11 Å². The van der Waals surface area contributed by atoms with Crippen molar-refractivity contribution in [3.8, 4) is 5.69 Å². The van der Waals surface area contributed by atoms with Crippen LogP contribution in [0.15, 0.2) is 91.3 Å². The van der Waals surface area contributed by atoms with Gasteiger partial charge < -0.3 is 25.2 Å². The standard InChI is InChI=1S/C29H27N5O3S/c1-19-7-2-3-8-22(19)31-25(35)15-18-34-27(26(32-29(34)38)23-9-4-5-16-30-23)24-10-6-17-33(24)21-13-11-20(12-14-21)28(36)37/h2-14,16-17,26-27H,15,18H2,1H3,(H,31,35)(H,32,38)(H,36,37)/t26-,27-/m1/s1. The van der Waals surface area contributed by atoms with Crippen molar-refractivity contribution < 1.29 is 14.7 Å². The van der Waals surface area contributed by atoms with Crippen LogP contribution >= 0.6 is 12.2 Å². The monoisotopic (exact) mass is 525 g/mol. The molecule has 2 atom stereocenters. The number of carboxylic acid groups (broad SMARTS) is 1. The van der Waals surface area contributed by atoms with Crippen LogP contribution in [0.1, 0.15) is 45.8 Å². The number of nitrogens with one attached hydrogen (secondary N) is 2. The van der Waals surface area contributed by atoms with Gasteiger partial charge in [0, 0.05) is 42.4 Å². The van der Waals surface area contributed by atoms with E-state index in [2.05, 4.69) is 15.6 Å². The molecule has 3 heterocycles. The number of anilines is 1. The summed E-state index contributed by atoms with van der Waals surface area (Å²) in [4.78, 5) is 30.8. The number of aromatic carboxylic acids is 1.